The SMILES string of the molecule is Cc1noc(CCNC(=O)c2ccccc2C#CCN)n1. The molecule has 0 aliphatic heterocycles. The van der Waals surface area contributed by atoms with Crippen LogP contribution in [0.25, 0.3) is 0 Å². The van der Waals surface area contributed by atoms with Crippen LogP contribution in [0.4, 0.5) is 0 Å². The van der Waals surface area contributed by atoms with Gasteiger partial charge in [0.15, 0.2) is 5.82 Å². The van der Waals surface area contributed by atoms with Gasteiger partial charge in [-0.1, -0.05) is 29.1 Å². The first-order chi connectivity index (χ1) is 10.2. The number of nitrogens with two attached hydrogens (primary N) is 1. The highest BCUT2D eigenvalue weighted by molar-refractivity contribution is 5.96. The molecule has 6 nitrogen and oxygen atoms in total. The van der Waals surface area contributed by atoms with Gasteiger partial charge < -0.3 is 15.6 Å². The van der Waals surface area contributed by atoms with E-state index in [1.165, 1.54) is 0 Å². The highest BCUT2D eigenvalue weighted by Gasteiger charge is 2.10. The lowest BCUT2D eigenvalue weighted by Crippen LogP contribution is -2.26. The van der Waals surface area contributed by atoms with Crippen LogP contribution in [-0.2, 0) is 6.42 Å². The fourth-order valence-corrected chi connectivity index (χ4v) is 1.76. The number of nitrogens with one attached hydrogen (secondary N) is 1. The van der Waals surface area contributed by atoms with E-state index in [1.54, 1.807) is 25.1 Å². The van der Waals surface area contributed by atoms with Crippen molar-refractivity contribution in [3.8, 4) is 11.8 Å². The van der Waals surface area contributed by atoms with E-state index < -0.39 is 0 Å². The number of aromatic nitrogens is 2. The van der Waals surface area contributed by atoms with Gasteiger partial charge in [0.1, 0.15) is 0 Å². The summed E-state index contributed by atoms with van der Waals surface area (Å²) in [6, 6.07) is 7.15. The Labute approximate surface area is 122 Å². The Kier molecular flexibility index (Phi) is 5.07. The van der Waals surface area contributed by atoms with E-state index in [1.807, 2.05) is 6.07 Å². The largest absolute Gasteiger partial charge is 0.351 e. The van der Waals surface area contributed by atoms with Crippen LogP contribution >= 0.6 is 0 Å². The predicted molar refractivity (Wildman–Crippen MR) is 77.4 cm³/mol. The van der Waals surface area contributed by atoms with E-state index in [2.05, 4.69) is 27.3 Å². The van der Waals surface area contributed by atoms with Crippen LogP contribution in [0.5, 0.6) is 0 Å². The van der Waals surface area contributed by atoms with Gasteiger partial charge >= 0.3 is 0 Å². The second-order valence-corrected chi connectivity index (χ2v) is 4.29. The van der Waals surface area contributed by atoms with E-state index in [0.717, 1.165) is 0 Å². The summed E-state index contributed by atoms with van der Waals surface area (Å²) in [5.41, 5.74) is 6.54. The Morgan fingerprint density at radius 1 is 1.43 bits per heavy atom. The minimum absolute atomic E-state index is 0.187. The summed E-state index contributed by atoms with van der Waals surface area (Å²) in [4.78, 5) is 16.2. The number of benzene rings is 1. The van der Waals surface area contributed by atoms with Crippen molar-refractivity contribution in [2.75, 3.05) is 13.1 Å². The molecule has 0 aliphatic rings. The Balaban J connectivity index is 1.97. The molecule has 1 amide bonds. The summed E-state index contributed by atoms with van der Waals surface area (Å²) in [7, 11) is 0. The van der Waals surface area contributed by atoms with Crippen molar-refractivity contribution in [2.24, 2.45) is 5.73 Å². The fourth-order valence-electron chi connectivity index (χ4n) is 1.76. The zero-order valence-electron chi connectivity index (χ0n) is 11.7. The number of carbonyl (C=O) groups excluding carboxylic acids is 1. The van der Waals surface area contributed by atoms with Crippen molar-refractivity contribution in [1.82, 2.24) is 15.5 Å². The summed E-state index contributed by atoms with van der Waals surface area (Å²) in [6.07, 6.45) is 0.489. The van der Waals surface area contributed by atoms with Gasteiger partial charge in [0, 0.05) is 18.5 Å². The van der Waals surface area contributed by atoms with E-state index >= 15 is 0 Å². The Hall–Kier alpha value is -2.65. The maximum absolute atomic E-state index is 12.1. The van der Waals surface area contributed by atoms with E-state index in [9.17, 15) is 4.79 Å². The van der Waals surface area contributed by atoms with Crippen LogP contribution in [-0.4, -0.2) is 29.1 Å². The molecule has 2 rings (SSSR count). The summed E-state index contributed by atoms with van der Waals surface area (Å²) < 4.78 is 4.98. The summed E-state index contributed by atoms with van der Waals surface area (Å²) >= 11 is 0. The number of rotatable bonds is 4. The normalized spacial score (nSPS) is 9.81. The molecule has 2 aromatic rings. The third-order valence-corrected chi connectivity index (χ3v) is 2.69. The molecule has 0 radical (unpaired) electrons. The first-order valence-electron chi connectivity index (χ1n) is 6.56. The van der Waals surface area contributed by atoms with Crippen molar-refractivity contribution in [3.63, 3.8) is 0 Å². The first kappa shape index (κ1) is 14.8. The molecule has 1 heterocycles. The van der Waals surface area contributed by atoms with Crippen LogP contribution in [0.1, 0.15) is 27.6 Å². The lowest BCUT2D eigenvalue weighted by Gasteiger charge is -2.05. The number of amides is 1. The minimum atomic E-state index is -0.187. The molecule has 108 valence electrons. The van der Waals surface area contributed by atoms with Gasteiger partial charge in [0.2, 0.25) is 5.89 Å². The van der Waals surface area contributed by atoms with Gasteiger partial charge in [-0.15, -0.1) is 0 Å². The second-order valence-electron chi connectivity index (χ2n) is 4.29. The van der Waals surface area contributed by atoms with Gasteiger partial charge in [0.25, 0.3) is 5.91 Å². The van der Waals surface area contributed by atoms with E-state index in [4.69, 9.17) is 10.3 Å². The predicted octanol–water partition coefficient (Wildman–Crippen LogP) is 0.661. The molecule has 0 fully saturated rings. The van der Waals surface area contributed by atoms with Gasteiger partial charge in [0.05, 0.1) is 12.1 Å². The Bertz CT molecular complexity index is 682. The van der Waals surface area contributed by atoms with Crippen LogP contribution in [0.15, 0.2) is 28.8 Å². The number of carbonyl (C=O) groups is 1. The monoisotopic (exact) mass is 284 g/mol. The lowest BCUT2D eigenvalue weighted by atomic mass is 10.1. The van der Waals surface area contributed by atoms with Crippen molar-refractivity contribution in [2.45, 2.75) is 13.3 Å². The van der Waals surface area contributed by atoms with E-state index in [0.29, 0.717) is 35.8 Å². The number of hydrogen-bond acceptors (Lipinski definition) is 5. The molecule has 0 aliphatic carbocycles. The topological polar surface area (TPSA) is 94.0 Å². The highest BCUT2D eigenvalue weighted by atomic mass is 16.5. The zero-order chi connectivity index (χ0) is 15.1. The lowest BCUT2D eigenvalue weighted by molar-refractivity contribution is 0.0953. The molecular weight excluding hydrogens is 268 g/mol. The number of hydrogen-bond donors (Lipinski definition) is 2. The molecule has 0 bridgehead atoms. The van der Waals surface area contributed by atoms with Gasteiger partial charge in [-0.05, 0) is 19.1 Å². The maximum Gasteiger partial charge on any atom is 0.252 e. The van der Waals surface area contributed by atoms with Gasteiger partial charge in [-0.25, -0.2) is 0 Å². The molecule has 1 aromatic heterocycles. The van der Waals surface area contributed by atoms with Crippen LogP contribution < -0.4 is 11.1 Å². The summed E-state index contributed by atoms with van der Waals surface area (Å²) in [6.45, 7) is 2.42. The molecule has 0 saturated carbocycles. The smallest absolute Gasteiger partial charge is 0.252 e. The first-order valence-corrected chi connectivity index (χ1v) is 6.56. The third-order valence-electron chi connectivity index (χ3n) is 2.69. The van der Waals surface area contributed by atoms with Crippen molar-refractivity contribution >= 4 is 5.91 Å². The molecule has 1 aromatic carbocycles. The van der Waals surface area contributed by atoms with Crippen LogP contribution in [0.3, 0.4) is 0 Å². The Morgan fingerprint density at radius 3 is 2.95 bits per heavy atom. The van der Waals surface area contributed by atoms with Gasteiger partial charge in [-0.2, -0.15) is 4.98 Å². The number of nitrogens with zero attached hydrogens (tertiary/aromatic N) is 2. The second kappa shape index (κ2) is 7.22. The Morgan fingerprint density at radius 2 is 2.24 bits per heavy atom. The van der Waals surface area contributed by atoms with Crippen LogP contribution in [0.2, 0.25) is 0 Å². The minimum Gasteiger partial charge on any atom is -0.351 e. The third kappa shape index (κ3) is 4.16. The summed E-state index contributed by atoms with van der Waals surface area (Å²) in [5.74, 6) is 6.54. The average molecular weight is 284 g/mol. The van der Waals surface area contributed by atoms with Crippen molar-refractivity contribution in [1.29, 1.82) is 0 Å². The molecule has 0 saturated heterocycles. The zero-order valence-corrected chi connectivity index (χ0v) is 11.7. The molecule has 21 heavy (non-hydrogen) atoms. The van der Waals surface area contributed by atoms with Crippen molar-refractivity contribution < 1.29 is 9.32 Å². The average Bonchev–Trinajstić information content (AvgIpc) is 2.91. The molecule has 0 spiro atoms. The molecular formula is C15H16N4O2. The molecule has 3 N–H and O–H groups in total. The standard InChI is InChI=1S/C15H16N4O2/c1-11-18-14(21-19-11)8-10-17-15(20)13-7-3-2-5-12(13)6-4-9-16/h2-3,5,7H,8-10,16H2,1H3,(H,17,20). The quantitative estimate of drug-likeness (QED) is 0.804. The molecule has 0 atom stereocenters. The van der Waals surface area contributed by atoms with Crippen LogP contribution in [0, 0.1) is 18.8 Å². The summed E-state index contributed by atoms with van der Waals surface area (Å²) in [5, 5.41) is 6.50. The molecule has 0 unspecified atom stereocenters. The van der Waals surface area contributed by atoms with Gasteiger partial charge in [-0.3, -0.25) is 4.79 Å². The number of aryl methyl sites for hydroxylation is 1. The molecule has 6 heteroatoms. The van der Waals surface area contributed by atoms with E-state index in [-0.39, 0.29) is 12.5 Å². The fraction of sp³-hybridized carbons (Fsp3) is 0.267. The highest BCUT2D eigenvalue weighted by Crippen LogP contribution is 2.07. The maximum atomic E-state index is 12.1. The van der Waals surface area contributed by atoms with Crippen molar-refractivity contribution in [3.05, 3.63) is 47.1 Å².